The second kappa shape index (κ2) is 7.36. The monoisotopic (exact) mass is 331 g/mol. The molecule has 0 bridgehead atoms. The molecule has 0 spiro atoms. The lowest BCUT2D eigenvalue weighted by Crippen LogP contribution is -2.18. The summed E-state index contributed by atoms with van der Waals surface area (Å²) in [5.74, 6) is 1.90. The summed E-state index contributed by atoms with van der Waals surface area (Å²) in [5, 5.41) is 4.54. The van der Waals surface area contributed by atoms with E-state index >= 15 is 0 Å². The van der Waals surface area contributed by atoms with Gasteiger partial charge < -0.3 is 10.5 Å². The Morgan fingerprint density at radius 2 is 2.25 bits per heavy atom. The van der Waals surface area contributed by atoms with Gasteiger partial charge in [-0.3, -0.25) is 0 Å². The molecule has 1 saturated carbocycles. The quantitative estimate of drug-likeness (QED) is 0.874. The number of rotatable bonds is 6. The van der Waals surface area contributed by atoms with Crippen molar-refractivity contribution >= 4 is 11.5 Å². The third-order valence-electron chi connectivity index (χ3n) is 4.98. The summed E-state index contributed by atoms with van der Waals surface area (Å²) >= 11 is 0. The standard InChI is InChI=1S/C18H29N5O/c1-4-6-13(3)24-18-21-16(19)17-20-11-15(23(17)22-18)10-14-8-5-7-12(2)9-14/h11-14H,4-10H2,1-3H3,(H2,19,21,22)/t12-,13-,14-/m0/s1. The van der Waals surface area contributed by atoms with E-state index in [9.17, 15) is 0 Å². The van der Waals surface area contributed by atoms with Gasteiger partial charge in [-0.25, -0.2) is 9.50 Å². The van der Waals surface area contributed by atoms with Crippen molar-refractivity contribution in [2.75, 3.05) is 5.73 Å². The first-order valence-electron chi connectivity index (χ1n) is 9.23. The third-order valence-corrected chi connectivity index (χ3v) is 4.98. The number of hydrogen-bond donors (Lipinski definition) is 1. The zero-order valence-corrected chi connectivity index (χ0v) is 15.0. The van der Waals surface area contributed by atoms with Gasteiger partial charge in [0.25, 0.3) is 0 Å². The van der Waals surface area contributed by atoms with E-state index in [4.69, 9.17) is 10.5 Å². The van der Waals surface area contributed by atoms with Crippen LogP contribution >= 0.6 is 0 Å². The van der Waals surface area contributed by atoms with E-state index in [0.717, 1.165) is 30.9 Å². The summed E-state index contributed by atoms with van der Waals surface area (Å²) in [4.78, 5) is 8.67. The summed E-state index contributed by atoms with van der Waals surface area (Å²) < 4.78 is 7.65. The molecular weight excluding hydrogens is 302 g/mol. The maximum Gasteiger partial charge on any atom is 0.336 e. The number of aromatic nitrogens is 4. The van der Waals surface area contributed by atoms with E-state index in [1.54, 1.807) is 0 Å². The molecule has 24 heavy (non-hydrogen) atoms. The molecule has 132 valence electrons. The van der Waals surface area contributed by atoms with Crippen molar-refractivity contribution in [1.29, 1.82) is 0 Å². The first kappa shape index (κ1) is 17.0. The van der Waals surface area contributed by atoms with E-state index in [1.807, 2.05) is 17.6 Å². The number of anilines is 1. The lowest BCUT2D eigenvalue weighted by atomic mass is 9.80. The summed E-state index contributed by atoms with van der Waals surface area (Å²) in [6.45, 7) is 6.52. The molecule has 2 aromatic rings. The van der Waals surface area contributed by atoms with Crippen LogP contribution in [0.2, 0.25) is 0 Å². The number of imidazole rings is 1. The fourth-order valence-electron chi connectivity index (χ4n) is 3.80. The predicted octanol–water partition coefficient (Wildman–Crippen LogP) is 3.64. The fraction of sp³-hybridized carbons (Fsp3) is 0.722. The highest BCUT2D eigenvalue weighted by atomic mass is 16.5. The van der Waals surface area contributed by atoms with Gasteiger partial charge in [0.15, 0.2) is 11.5 Å². The Hall–Kier alpha value is -1.85. The van der Waals surface area contributed by atoms with Crippen LogP contribution in [0.25, 0.3) is 5.65 Å². The van der Waals surface area contributed by atoms with Crippen LogP contribution in [0.5, 0.6) is 6.01 Å². The lowest BCUT2D eigenvalue weighted by Gasteiger charge is -2.26. The molecule has 6 heteroatoms. The van der Waals surface area contributed by atoms with Gasteiger partial charge in [-0.05, 0) is 38.0 Å². The van der Waals surface area contributed by atoms with Crippen LogP contribution in [0, 0.1) is 11.8 Å². The predicted molar refractivity (Wildman–Crippen MR) is 95.0 cm³/mol. The largest absolute Gasteiger partial charge is 0.459 e. The Morgan fingerprint density at radius 3 is 3.00 bits per heavy atom. The smallest absolute Gasteiger partial charge is 0.336 e. The van der Waals surface area contributed by atoms with Gasteiger partial charge in [0.1, 0.15) is 0 Å². The topological polar surface area (TPSA) is 78.3 Å². The average Bonchev–Trinajstić information content (AvgIpc) is 2.91. The van der Waals surface area contributed by atoms with Crippen LogP contribution in [-0.2, 0) is 6.42 Å². The summed E-state index contributed by atoms with van der Waals surface area (Å²) in [6.07, 6.45) is 10.2. The SMILES string of the molecule is CCC[C@H](C)Oc1nc(N)c2ncc(C[C@H]3CCC[C@H](C)C3)n2n1. The minimum absolute atomic E-state index is 0.0815. The van der Waals surface area contributed by atoms with Crippen LogP contribution < -0.4 is 10.5 Å². The molecule has 2 N–H and O–H groups in total. The van der Waals surface area contributed by atoms with E-state index in [-0.39, 0.29) is 6.10 Å². The molecule has 0 saturated heterocycles. The van der Waals surface area contributed by atoms with Crippen molar-refractivity contribution in [3.63, 3.8) is 0 Å². The highest BCUT2D eigenvalue weighted by Gasteiger charge is 2.21. The second-order valence-corrected chi connectivity index (χ2v) is 7.32. The Labute approximate surface area is 143 Å². The average molecular weight is 331 g/mol. The number of hydrogen-bond acceptors (Lipinski definition) is 5. The Kier molecular flexibility index (Phi) is 5.21. The molecule has 1 aliphatic carbocycles. The first-order valence-corrected chi connectivity index (χ1v) is 9.23. The van der Waals surface area contributed by atoms with Gasteiger partial charge in [-0.15, -0.1) is 5.10 Å². The molecule has 1 fully saturated rings. The molecule has 6 nitrogen and oxygen atoms in total. The van der Waals surface area contributed by atoms with Crippen LogP contribution in [-0.4, -0.2) is 25.7 Å². The molecule has 0 unspecified atom stereocenters. The minimum atomic E-state index is 0.0815. The van der Waals surface area contributed by atoms with Gasteiger partial charge in [-0.2, -0.15) is 4.98 Å². The van der Waals surface area contributed by atoms with Crippen LogP contribution in [0.3, 0.4) is 0 Å². The van der Waals surface area contributed by atoms with Crippen molar-refractivity contribution in [3.05, 3.63) is 11.9 Å². The van der Waals surface area contributed by atoms with E-state index in [2.05, 4.69) is 28.9 Å². The number of nitrogens with two attached hydrogens (primary N) is 1. The summed E-state index contributed by atoms with van der Waals surface area (Å²) in [7, 11) is 0. The lowest BCUT2D eigenvalue weighted by molar-refractivity contribution is 0.189. The summed E-state index contributed by atoms with van der Waals surface area (Å²) in [6, 6.07) is 0.345. The molecule has 2 heterocycles. The van der Waals surface area contributed by atoms with Crippen molar-refractivity contribution < 1.29 is 4.74 Å². The third kappa shape index (κ3) is 3.79. The minimum Gasteiger partial charge on any atom is -0.459 e. The number of nitrogens with zero attached hydrogens (tertiary/aromatic N) is 4. The van der Waals surface area contributed by atoms with Gasteiger partial charge in [0.05, 0.1) is 18.0 Å². The molecule has 1 aliphatic rings. The fourth-order valence-corrected chi connectivity index (χ4v) is 3.80. The van der Waals surface area contributed by atoms with Crippen LogP contribution in [0.15, 0.2) is 6.20 Å². The first-order chi connectivity index (χ1) is 11.6. The molecule has 0 amide bonds. The zero-order chi connectivity index (χ0) is 17.1. The molecule has 0 radical (unpaired) electrons. The summed E-state index contributed by atoms with van der Waals surface area (Å²) in [5.41, 5.74) is 7.79. The number of ether oxygens (including phenoxy) is 1. The van der Waals surface area contributed by atoms with Gasteiger partial charge in [0.2, 0.25) is 0 Å². The van der Waals surface area contributed by atoms with Gasteiger partial charge >= 0.3 is 6.01 Å². The molecule has 0 aromatic carbocycles. The van der Waals surface area contributed by atoms with E-state index in [1.165, 1.54) is 25.7 Å². The normalized spacial score (nSPS) is 22.6. The molecular formula is C18H29N5O. The van der Waals surface area contributed by atoms with Gasteiger partial charge in [0, 0.05) is 0 Å². The number of fused-ring (bicyclic) bond motifs is 1. The van der Waals surface area contributed by atoms with E-state index in [0.29, 0.717) is 23.4 Å². The van der Waals surface area contributed by atoms with Crippen LogP contribution in [0.1, 0.15) is 65.0 Å². The number of nitrogen functional groups attached to an aromatic ring is 1. The highest BCUT2D eigenvalue weighted by Crippen LogP contribution is 2.31. The molecule has 3 rings (SSSR count). The van der Waals surface area contributed by atoms with Crippen molar-refractivity contribution in [1.82, 2.24) is 19.6 Å². The maximum atomic E-state index is 6.06. The maximum absolute atomic E-state index is 6.06. The molecule has 2 aromatic heterocycles. The van der Waals surface area contributed by atoms with Crippen molar-refractivity contribution in [3.8, 4) is 6.01 Å². The van der Waals surface area contributed by atoms with E-state index < -0.39 is 0 Å². The van der Waals surface area contributed by atoms with Gasteiger partial charge in [-0.1, -0.05) is 39.5 Å². The molecule has 0 aliphatic heterocycles. The van der Waals surface area contributed by atoms with Crippen LogP contribution in [0.4, 0.5) is 5.82 Å². The zero-order valence-electron chi connectivity index (χ0n) is 15.0. The Balaban J connectivity index is 1.82. The molecule has 3 atom stereocenters. The van der Waals surface area contributed by atoms with Crippen molar-refractivity contribution in [2.45, 2.75) is 71.8 Å². The Morgan fingerprint density at radius 1 is 1.42 bits per heavy atom. The second-order valence-electron chi connectivity index (χ2n) is 7.32. The highest BCUT2D eigenvalue weighted by molar-refractivity contribution is 5.59. The van der Waals surface area contributed by atoms with Crippen molar-refractivity contribution in [2.24, 2.45) is 11.8 Å². The Bertz CT molecular complexity index is 683.